The molecule has 0 unspecified atom stereocenters. The fourth-order valence-electron chi connectivity index (χ4n) is 3.18. The summed E-state index contributed by atoms with van der Waals surface area (Å²) in [6.07, 6.45) is 1.85. The van der Waals surface area contributed by atoms with E-state index >= 15 is 0 Å². The van der Waals surface area contributed by atoms with Crippen LogP contribution >= 0.6 is 11.3 Å². The van der Waals surface area contributed by atoms with E-state index in [0.29, 0.717) is 26.2 Å². The van der Waals surface area contributed by atoms with E-state index in [2.05, 4.69) is 15.6 Å². The molecule has 0 saturated carbocycles. The van der Waals surface area contributed by atoms with Gasteiger partial charge in [0.15, 0.2) is 0 Å². The Labute approximate surface area is 163 Å². The Balaban J connectivity index is 1.46. The van der Waals surface area contributed by atoms with Crippen molar-refractivity contribution in [2.45, 2.75) is 45.7 Å². The van der Waals surface area contributed by atoms with Gasteiger partial charge in [-0.3, -0.25) is 14.5 Å². The monoisotopic (exact) mass is 390 g/mol. The maximum absolute atomic E-state index is 12.3. The fraction of sp³-hybridized carbons (Fsp3) is 0.526. The van der Waals surface area contributed by atoms with E-state index in [9.17, 15) is 9.59 Å². The van der Waals surface area contributed by atoms with E-state index in [1.165, 1.54) is 0 Å². The summed E-state index contributed by atoms with van der Waals surface area (Å²) < 4.78 is 5.62. The van der Waals surface area contributed by atoms with Crippen LogP contribution in [0.5, 0.6) is 0 Å². The van der Waals surface area contributed by atoms with Crippen LogP contribution in [0.15, 0.2) is 21.9 Å². The molecule has 1 fully saturated rings. The lowest BCUT2D eigenvalue weighted by Gasteiger charge is -2.34. The molecule has 7 nitrogen and oxygen atoms in total. The summed E-state index contributed by atoms with van der Waals surface area (Å²) in [5, 5.41) is 8.90. The fourth-order valence-corrected chi connectivity index (χ4v) is 3.99. The van der Waals surface area contributed by atoms with Crippen LogP contribution in [0, 0.1) is 13.8 Å². The molecule has 1 atom stereocenters. The van der Waals surface area contributed by atoms with Gasteiger partial charge in [-0.2, -0.15) is 0 Å². The second kappa shape index (κ2) is 9.14. The molecule has 0 bridgehead atoms. The Hall–Kier alpha value is -2.19. The molecule has 1 saturated heterocycles. The van der Waals surface area contributed by atoms with Gasteiger partial charge in [-0.05, 0) is 32.4 Å². The van der Waals surface area contributed by atoms with Crippen LogP contribution in [0.2, 0.25) is 0 Å². The van der Waals surface area contributed by atoms with Crippen LogP contribution in [0.4, 0.5) is 0 Å². The Morgan fingerprint density at radius 2 is 2.30 bits per heavy atom. The maximum atomic E-state index is 12.3. The third-order valence-corrected chi connectivity index (χ3v) is 5.56. The summed E-state index contributed by atoms with van der Waals surface area (Å²) >= 11 is 1.65. The van der Waals surface area contributed by atoms with Crippen molar-refractivity contribution in [3.8, 4) is 0 Å². The van der Waals surface area contributed by atoms with Crippen molar-refractivity contribution in [1.29, 1.82) is 0 Å². The molecule has 0 aliphatic carbocycles. The van der Waals surface area contributed by atoms with Gasteiger partial charge in [0, 0.05) is 37.1 Å². The van der Waals surface area contributed by atoms with E-state index in [0.717, 1.165) is 35.1 Å². The largest absolute Gasteiger partial charge is 0.465 e. The van der Waals surface area contributed by atoms with Crippen LogP contribution in [-0.2, 0) is 22.6 Å². The van der Waals surface area contributed by atoms with E-state index in [1.807, 2.05) is 36.3 Å². The van der Waals surface area contributed by atoms with Gasteiger partial charge in [0.25, 0.3) is 0 Å². The average molecular weight is 391 g/mol. The molecule has 1 aliphatic heterocycles. The molecule has 2 aromatic rings. The highest BCUT2D eigenvalue weighted by Gasteiger charge is 2.32. The summed E-state index contributed by atoms with van der Waals surface area (Å²) in [5.74, 6) is 1.45. The van der Waals surface area contributed by atoms with Crippen molar-refractivity contribution in [3.63, 3.8) is 0 Å². The molecule has 2 N–H and O–H groups in total. The number of aryl methyl sites for hydroxylation is 3. The van der Waals surface area contributed by atoms with Crippen molar-refractivity contribution in [1.82, 2.24) is 20.5 Å². The number of rotatable bonds is 8. The smallest absolute Gasteiger partial charge is 0.237 e. The molecule has 2 aromatic heterocycles. The molecule has 3 rings (SSSR count). The average Bonchev–Trinajstić information content (AvgIpc) is 3.23. The number of nitrogens with zero attached hydrogens (tertiary/aromatic N) is 2. The van der Waals surface area contributed by atoms with Gasteiger partial charge < -0.3 is 15.1 Å². The Morgan fingerprint density at radius 1 is 1.44 bits per heavy atom. The highest BCUT2D eigenvalue weighted by molar-refractivity contribution is 7.09. The lowest BCUT2D eigenvalue weighted by Crippen LogP contribution is -2.56. The highest BCUT2D eigenvalue weighted by Crippen LogP contribution is 2.16. The van der Waals surface area contributed by atoms with Crippen molar-refractivity contribution in [3.05, 3.63) is 39.7 Å². The minimum atomic E-state index is -0.467. The SMILES string of the molecule is Cc1csc(CCCNC(=O)C[C@H]2C(=O)NCCN2Cc2ccc(C)o2)n1. The molecule has 8 heteroatoms. The molecule has 27 heavy (non-hydrogen) atoms. The van der Waals surface area contributed by atoms with Crippen LogP contribution in [0.3, 0.4) is 0 Å². The van der Waals surface area contributed by atoms with Crippen LogP contribution < -0.4 is 10.6 Å². The number of hydrogen-bond acceptors (Lipinski definition) is 6. The lowest BCUT2D eigenvalue weighted by atomic mass is 10.1. The molecular formula is C19H26N4O3S. The molecule has 0 radical (unpaired) electrons. The van der Waals surface area contributed by atoms with Crippen LogP contribution in [0.25, 0.3) is 0 Å². The first kappa shape index (κ1) is 19.6. The molecule has 2 amide bonds. The summed E-state index contributed by atoms with van der Waals surface area (Å²) in [7, 11) is 0. The van der Waals surface area contributed by atoms with Gasteiger partial charge in [0.2, 0.25) is 11.8 Å². The number of piperazine rings is 1. The highest BCUT2D eigenvalue weighted by atomic mass is 32.1. The van der Waals surface area contributed by atoms with E-state index in [-0.39, 0.29) is 18.2 Å². The molecule has 146 valence electrons. The predicted octanol–water partition coefficient (Wildman–Crippen LogP) is 1.79. The molecule has 0 spiro atoms. The Bertz CT molecular complexity index is 786. The second-order valence-corrected chi connectivity index (χ2v) is 7.77. The Morgan fingerprint density at radius 3 is 3.00 bits per heavy atom. The number of hydrogen-bond donors (Lipinski definition) is 2. The maximum Gasteiger partial charge on any atom is 0.237 e. The number of amides is 2. The molecule has 1 aliphatic rings. The molecular weight excluding hydrogens is 364 g/mol. The summed E-state index contributed by atoms with van der Waals surface area (Å²) in [4.78, 5) is 31.0. The number of carbonyl (C=O) groups is 2. The van der Waals surface area contributed by atoms with Gasteiger partial charge in [-0.25, -0.2) is 4.98 Å². The minimum Gasteiger partial charge on any atom is -0.465 e. The van der Waals surface area contributed by atoms with E-state index in [1.54, 1.807) is 11.3 Å². The van der Waals surface area contributed by atoms with Crippen molar-refractivity contribution in [2.75, 3.05) is 19.6 Å². The lowest BCUT2D eigenvalue weighted by molar-refractivity contribution is -0.134. The van der Waals surface area contributed by atoms with E-state index < -0.39 is 6.04 Å². The standard InChI is InChI=1S/C19H26N4O3S/c1-13-12-27-18(22-13)4-3-7-20-17(24)10-16-19(25)21-8-9-23(16)11-15-6-5-14(2)26-15/h5-6,12,16H,3-4,7-11H2,1-2H3,(H,20,24)(H,21,25)/t16-/m0/s1. The van der Waals surface area contributed by atoms with Gasteiger partial charge in [0.05, 0.1) is 24.0 Å². The van der Waals surface area contributed by atoms with Gasteiger partial charge in [-0.1, -0.05) is 0 Å². The normalized spacial score (nSPS) is 17.7. The van der Waals surface area contributed by atoms with Gasteiger partial charge in [0.1, 0.15) is 11.5 Å². The number of aromatic nitrogens is 1. The molecule has 0 aromatic carbocycles. The van der Waals surface area contributed by atoms with Crippen molar-refractivity contribution >= 4 is 23.2 Å². The van der Waals surface area contributed by atoms with Crippen LogP contribution in [0.1, 0.15) is 35.1 Å². The Kier molecular flexibility index (Phi) is 6.63. The summed E-state index contributed by atoms with van der Waals surface area (Å²) in [6.45, 7) is 6.28. The third kappa shape index (κ3) is 5.64. The van der Waals surface area contributed by atoms with Crippen LogP contribution in [-0.4, -0.2) is 47.4 Å². The predicted molar refractivity (Wildman–Crippen MR) is 103 cm³/mol. The van der Waals surface area contributed by atoms with Gasteiger partial charge in [-0.15, -0.1) is 11.3 Å². The van der Waals surface area contributed by atoms with E-state index in [4.69, 9.17) is 4.42 Å². The topological polar surface area (TPSA) is 87.5 Å². The first-order valence-corrected chi connectivity index (χ1v) is 10.1. The first-order valence-electron chi connectivity index (χ1n) is 9.26. The quantitative estimate of drug-likeness (QED) is 0.671. The third-order valence-electron chi connectivity index (χ3n) is 4.53. The number of furan rings is 1. The minimum absolute atomic E-state index is 0.0991. The number of thiazole rings is 1. The number of nitrogens with one attached hydrogen (secondary N) is 2. The summed E-state index contributed by atoms with van der Waals surface area (Å²) in [6, 6.07) is 3.36. The molecule has 3 heterocycles. The van der Waals surface area contributed by atoms with Crippen molar-refractivity contribution in [2.24, 2.45) is 0 Å². The second-order valence-electron chi connectivity index (χ2n) is 6.83. The van der Waals surface area contributed by atoms with Crippen molar-refractivity contribution < 1.29 is 14.0 Å². The zero-order valence-electron chi connectivity index (χ0n) is 15.8. The summed E-state index contributed by atoms with van der Waals surface area (Å²) in [5.41, 5.74) is 1.04. The zero-order chi connectivity index (χ0) is 19.2. The van der Waals surface area contributed by atoms with Gasteiger partial charge >= 0.3 is 0 Å². The zero-order valence-corrected chi connectivity index (χ0v) is 16.6. The number of carbonyl (C=O) groups excluding carboxylic acids is 2. The first-order chi connectivity index (χ1) is 13.0.